The summed E-state index contributed by atoms with van der Waals surface area (Å²) >= 11 is 0. The number of halogens is 1. The molecule has 2 aromatic carbocycles. The van der Waals surface area contributed by atoms with Crippen molar-refractivity contribution in [2.45, 2.75) is 26.3 Å². The van der Waals surface area contributed by atoms with Gasteiger partial charge in [-0.2, -0.15) is 0 Å². The van der Waals surface area contributed by atoms with Crippen molar-refractivity contribution in [3.8, 4) is 5.75 Å². The lowest BCUT2D eigenvalue weighted by Crippen LogP contribution is -2.22. The number of rotatable bonds is 5. The first-order valence-electron chi connectivity index (χ1n) is 7.38. The molecule has 0 aliphatic heterocycles. The highest BCUT2D eigenvalue weighted by molar-refractivity contribution is 14.0. The summed E-state index contributed by atoms with van der Waals surface area (Å²) < 4.78 is 5.20. The third-order valence-electron chi connectivity index (χ3n) is 3.39. The molecule has 0 aliphatic carbocycles. The molecule has 0 spiro atoms. The van der Waals surface area contributed by atoms with Gasteiger partial charge in [0.15, 0.2) is 5.96 Å². The summed E-state index contributed by atoms with van der Waals surface area (Å²) in [6, 6.07) is 16.0. The Bertz CT molecular complexity index is 656. The van der Waals surface area contributed by atoms with E-state index in [4.69, 9.17) is 10.5 Å². The van der Waals surface area contributed by atoms with Crippen molar-refractivity contribution < 1.29 is 4.74 Å². The van der Waals surface area contributed by atoms with Crippen LogP contribution >= 0.6 is 24.0 Å². The number of hydrogen-bond acceptors (Lipinski definition) is 2. The number of anilines is 1. The van der Waals surface area contributed by atoms with Crippen LogP contribution in [-0.4, -0.2) is 13.1 Å². The number of hydrogen-bond donors (Lipinski definition) is 2. The molecule has 0 saturated heterocycles. The van der Waals surface area contributed by atoms with Gasteiger partial charge in [0.25, 0.3) is 0 Å². The van der Waals surface area contributed by atoms with Gasteiger partial charge in [0.1, 0.15) is 5.75 Å². The minimum Gasteiger partial charge on any atom is -0.497 e. The first-order chi connectivity index (χ1) is 10.6. The van der Waals surface area contributed by atoms with E-state index >= 15 is 0 Å². The van der Waals surface area contributed by atoms with E-state index in [0.29, 0.717) is 18.4 Å². The van der Waals surface area contributed by atoms with Gasteiger partial charge in [-0.15, -0.1) is 24.0 Å². The highest BCUT2D eigenvalue weighted by Gasteiger charge is 2.01. The molecule has 0 bridgehead atoms. The van der Waals surface area contributed by atoms with Crippen LogP contribution in [0.3, 0.4) is 0 Å². The predicted octanol–water partition coefficient (Wildman–Crippen LogP) is 4.36. The molecule has 0 radical (unpaired) electrons. The molecule has 124 valence electrons. The van der Waals surface area contributed by atoms with Crippen LogP contribution in [0.4, 0.5) is 5.69 Å². The van der Waals surface area contributed by atoms with Gasteiger partial charge >= 0.3 is 0 Å². The Morgan fingerprint density at radius 3 is 2.61 bits per heavy atom. The quantitative estimate of drug-likeness (QED) is 0.425. The number of ether oxygens (including phenoxy) is 1. The SMILES string of the molecule is COc1cccc(CN=C(N)Nc2cccc(C(C)C)c2)c1.I. The van der Waals surface area contributed by atoms with Crippen molar-refractivity contribution in [1.29, 1.82) is 0 Å². The van der Waals surface area contributed by atoms with E-state index in [2.05, 4.69) is 36.3 Å². The highest BCUT2D eigenvalue weighted by atomic mass is 127. The summed E-state index contributed by atoms with van der Waals surface area (Å²) in [5.74, 6) is 1.71. The molecule has 0 amide bonds. The molecule has 2 rings (SSSR count). The Morgan fingerprint density at radius 1 is 1.17 bits per heavy atom. The van der Waals surface area contributed by atoms with Gasteiger partial charge in [0.2, 0.25) is 0 Å². The van der Waals surface area contributed by atoms with Crippen LogP contribution in [0.25, 0.3) is 0 Å². The summed E-state index contributed by atoms with van der Waals surface area (Å²) in [7, 11) is 1.65. The molecule has 0 heterocycles. The van der Waals surface area contributed by atoms with E-state index in [1.165, 1.54) is 5.56 Å². The number of methoxy groups -OCH3 is 1. The minimum absolute atomic E-state index is 0. The fourth-order valence-corrected chi connectivity index (χ4v) is 2.11. The minimum atomic E-state index is 0. The lowest BCUT2D eigenvalue weighted by molar-refractivity contribution is 0.414. The fraction of sp³-hybridized carbons (Fsp3) is 0.278. The second-order valence-electron chi connectivity index (χ2n) is 5.46. The summed E-state index contributed by atoms with van der Waals surface area (Å²) in [5.41, 5.74) is 9.24. The van der Waals surface area contributed by atoms with Gasteiger partial charge in [-0.25, -0.2) is 4.99 Å². The number of nitrogens with one attached hydrogen (secondary N) is 1. The molecular weight excluding hydrogens is 401 g/mol. The molecule has 0 aliphatic rings. The first-order valence-corrected chi connectivity index (χ1v) is 7.38. The fourth-order valence-electron chi connectivity index (χ4n) is 2.11. The zero-order valence-corrected chi connectivity index (χ0v) is 16.1. The topological polar surface area (TPSA) is 59.6 Å². The van der Waals surface area contributed by atoms with Crippen molar-refractivity contribution in [3.63, 3.8) is 0 Å². The Morgan fingerprint density at radius 2 is 1.91 bits per heavy atom. The van der Waals surface area contributed by atoms with E-state index in [9.17, 15) is 0 Å². The van der Waals surface area contributed by atoms with Crippen LogP contribution in [0.15, 0.2) is 53.5 Å². The average molecular weight is 425 g/mol. The molecule has 0 saturated carbocycles. The standard InChI is InChI=1S/C18H23N3O.HI/c1-13(2)15-7-5-8-16(11-15)21-18(19)20-12-14-6-4-9-17(10-14)22-3;/h4-11,13H,12H2,1-3H3,(H3,19,20,21);1H. The van der Waals surface area contributed by atoms with E-state index in [1.807, 2.05) is 36.4 Å². The van der Waals surface area contributed by atoms with Crippen molar-refractivity contribution in [3.05, 3.63) is 59.7 Å². The van der Waals surface area contributed by atoms with Gasteiger partial charge in [0.05, 0.1) is 13.7 Å². The second kappa shape index (κ2) is 9.39. The Hall–Kier alpha value is -1.76. The number of aliphatic imine (C=N–C) groups is 1. The van der Waals surface area contributed by atoms with Gasteiger partial charge in [-0.05, 0) is 41.3 Å². The molecular formula is C18H24IN3O. The van der Waals surface area contributed by atoms with Gasteiger partial charge in [-0.1, -0.05) is 38.1 Å². The van der Waals surface area contributed by atoms with Crippen LogP contribution in [0, 0.1) is 0 Å². The van der Waals surface area contributed by atoms with E-state index in [0.717, 1.165) is 17.0 Å². The van der Waals surface area contributed by atoms with Crippen molar-refractivity contribution in [2.24, 2.45) is 10.7 Å². The molecule has 3 N–H and O–H groups in total. The predicted molar refractivity (Wildman–Crippen MR) is 108 cm³/mol. The maximum absolute atomic E-state index is 5.96. The summed E-state index contributed by atoms with van der Waals surface area (Å²) in [6.07, 6.45) is 0. The summed E-state index contributed by atoms with van der Waals surface area (Å²) in [6.45, 7) is 4.85. The normalized spacial score (nSPS) is 11.0. The van der Waals surface area contributed by atoms with Crippen molar-refractivity contribution in [1.82, 2.24) is 0 Å². The lowest BCUT2D eigenvalue weighted by atomic mass is 10.0. The smallest absolute Gasteiger partial charge is 0.193 e. The third kappa shape index (κ3) is 6.09. The molecule has 5 heteroatoms. The highest BCUT2D eigenvalue weighted by Crippen LogP contribution is 2.18. The molecule has 4 nitrogen and oxygen atoms in total. The van der Waals surface area contributed by atoms with Crippen molar-refractivity contribution >= 4 is 35.6 Å². The molecule has 0 fully saturated rings. The van der Waals surface area contributed by atoms with Crippen LogP contribution in [0.2, 0.25) is 0 Å². The van der Waals surface area contributed by atoms with Crippen LogP contribution in [0.5, 0.6) is 5.75 Å². The maximum Gasteiger partial charge on any atom is 0.193 e. The van der Waals surface area contributed by atoms with E-state index < -0.39 is 0 Å². The summed E-state index contributed by atoms with van der Waals surface area (Å²) in [5, 5.41) is 3.13. The monoisotopic (exact) mass is 425 g/mol. The van der Waals surface area contributed by atoms with Gasteiger partial charge in [0, 0.05) is 5.69 Å². The average Bonchev–Trinajstić information content (AvgIpc) is 2.53. The first kappa shape index (κ1) is 19.3. The van der Waals surface area contributed by atoms with E-state index in [1.54, 1.807) is 7.11 Å². The molecule has 0 atom stereocenters. The zero-order chi connectivity index (χ0) is 15.9. The Kier molecular flexibility index (Phi) is 7.88. The number of nitrogens with zero attached hydrogens (tertiary/aromatic N) is 1. The maximum atomic E-state index is 5.96. The second-order valence-corrected chi connectivity index (χ2v) is 5.46. The van der Waals surface area contributed by atoms with Crippen molar-refractivity contribution in [2.75, 3.05) is 12.4 Å². The summed E-state index contributed by atoms with van der Waals surface area (Å²) in [4.78, 5) is 4.37. The number of guanidine groups is 1. The van der Waals surface area contributed by atoms with Gasteiger partial charge < -0.3 is 15.8 Å². The van der Waals surface area contributed by atoms with Crippen LogP contribution in [-0.2, 0) is 6.54 Å². The Labute approximate surface area is 155 Å². The zero-order valence-electron chi connectivity index (χ0n) is 13.7. The number of nitrogens with two attached hydrogens (primary N) is 1. The van der Waals surface area contributed by atoms with Crippen LogP contribution < -0.4 is 15.8 Å². The molecule has 0 aromatic heterocycles. The molecule has 2 aromatic rings. The number of benzene rings is 2. The van der Waals surface area contributed by atoms with Gasteiger partial charge in [-0.3, -0.25) is 0 Å². The lowest BCUT2D eigenvalue weighted by Gasteiger charge is -2.10. The van der Waals surface area contributed by atoms with E-state index in [-0.39, 0.29) is 24.0 Å². The molecule has 23 heavy (non-hydrogen) atoms. The Balaban J connectivity index is 0.00000264. The van der Waals surface area contributed by atoms with Crippen LogP contribution in [0.1, 0.15) is 30.9 Å². The third-order valence-corrected chi connectivity index (χ3v) is 3.39. The molecule has 0 unspecified atom stereocenters. The largest absolute Gasteiger partial charge is 0.497 e.